The van der Waals surface area contributed by atoms with Gasteiger partial charge >= 0.3 is 0 Å². The molecule has 0 amide bonds. The molecule has 0 saturated carbocycles. The van der Waals surface area contributed by atoms with Gasteiger partial charge in [-0.1, -0.05) is 136 Å². The molecular weight excluding hydrogens is 865 g/mol. The van der Waals surface area contributed by atoms with Crippen molar-refractivity contribution in [1.82, 2.24) is 23.7 Å². The van der Waals surface area contributed by atoms with Crippen molar-refractivity contribution in [2.75, 3.05) is 4.90 Å². The zero-order valence-electron chi connectivity index (χ0n) is 39.8. The maximum atomic E-state index is 5.60. The minimum atomic E-state index is 0.825. The fourth-order valence-corrected chi connectivity index (χ4v) is 11.8. The van der Waals surface area contributed by atoms with Gasteiger partial charge in [0.15, 0.2) is 0 Å². The van der Waals surface area contributed by atoms with Crippen LogP contribution in [0.5, 0.6) is 0 Å². The molecular formula is C65H50N6. The number of rotatable bonds is 9. The fraction of sp³-hybridized carbons (Fsp3) is 0.108. The Hall–Kier alpha value is -8.74. The normalized spacial score (nSPS) is 12.5. The van der Waals surface area contributed by atoms with Gasteiger partial charge in [0, 0.05) is 61.5 Å². The maximum absolute atomic E-state index is 5.60. The molecule has 6 nitrogen and oxygen atoms in total. The molecule has 5 aromatic heterocycles. The van der Waals surface area contributed by atoms with Gasteiger partial charge in [-0.2, -0.15) is 0 Å². The quantitative estimate of drug-likeness (QED) is 0.145. The van der Waals surface area contributed by atoms with Crippen LogP contribution in [0, 0.1) is 0 Å². The number of benzene rings is 8. The summed E-state index contributed by atoms with van der Waals surface area (Å²) in [5.74, 6) is 0.854. The topological polar surface area (TPSA) is 43.8 Å². The number of anilines is 3. The number of hydrogen-bond acceptors (Lipinski definition) is 3. The Morgan fingerprint density at radius 1 is 0.394 bits per heavy atom. The van der Waals surface area contributed by atoms with Gasteiger partial charge in [-0.15, -0.1) is 0 Å². The summed E-state index contributed by atoms with van der Waals surface area (Å²) in [6.45, 7) is 4.53. The number of para-hydroxylation sites is 4. The Labute approximate surface area is 412 Å². The van der Waals surface area contributed by atoms with Crippen LogP contribution in [0.2, 0.25) is 0 Å². The number of aryl methyl sites for hydroxylation is 2. The van der Waals surface area contributed by atoms with Gasteiger partial charge in [-0.3, -0.25) is 9.55 Å². The van der Waals surface area contributed by atoms with E-state index in [1.807, 2.05) is 6.20 Å². The number of nitrogens with zero attached hydrogens (tertiary/aromatic N) is 6. The van der Waals surface area contributed by atoms with Crippen molar-refractivity contribution in [3.05, 3.63) is 229 Å². The molecule has 8 aromatic carbocycles. The number of pyridine rings is 2. The van der Waals surface area contributed by atoms with Gasteiger partial charge in [0.1, 0.15) is 5.82 Å². The van der Waals surface area contributed by atoms with Crippen molar-refractivity contribution in [3.63, 3.8) is 0 Å². The molecule has 0 unspecified atom stereocenters. The average molecular weight is 915 g/mol. The first-order valence-electron chi connectivity index (χ1n) is 25.2. The molecule has 0 saturated heterocycles. The van der Waals surface area contributed by atoms with Crippen molar-refractivity contribution in [2.24, 2.45) is 0 Å². The molecule has 0 spiro atoms. The second-order valence-electron chi connectivity index (χ2n) is 19.2. The smallest absolute Gasteiger partial charge is 0.138 e. The Kier molecular flexibility index (Phi) is 9.56. The van der Waals surface area contributed by atoms with E-state index in [2.05, 4.69) is 233 Å². The second kappa shape index (κ2) is 16.5. The zero-order valence-corrected chi connectivity index (χ0v) is 39.8. The van der Waals surface area contributed by atoms with E-state index in [1.54, 1.807) is 0 Å². The lowest BCUT2D eigenvalue weighted by molar-refractivity contribution is 0.923. The average Bonchev–Trinajstić information content (AvgIpc) is 4.06. The number of hydrogen-bond donors (Lipinski definition) is 0. The Balaban J connectivity index is 1.03. The molecule has 6 heteroatoms. The molecule has 0 bridgehead atoms. The highest BCUT2D eigenvalue weighted by molar-refractivity contribution is 6.24. The van der Waals surface area contributed by atoms with Crippen LogP contribution in [0.3, 0.4) is 0 Å². The van der Waals surface area contributed by atoms with Crippen LogP contribution in [0.15, 0.2) is 206 Å². The summed E-state index contributed by atoms with van der Waals surface area (Å²) in [5, 5.41) is 7.26. The first-order chi connectivity index (χ1) is 35.1. The van der Waals surface area contributed by atoms with Crippen molar-refractivity contribution in [3.8, 4) is 28.6 Å². The standard InChI is InChI=1S/C65H50N6/c1-3-16-42-28-34-59-52(36-42)50-32-33-51-53-37-43(17-4-2)29-35-60(53)71(63-27-15-24-55(67-63)56-40-54-49-23-12-14-26-58(49)69(62(54)41-66-56)47-21-9-6-10-22-47)65(51)64(50)70(59)48-31-30-45-38-44-18-11-13-25-57(44)68(61(45)39-48)46-19-7-5-8-20-46/h5-15,18-37,39-41H,3-4,16-17,38H2,1-2H3. The van der Waals surface area contributed by atoms with Crippen LogP contribution in [0.1, 0.15) is 48.9 Å². The van der Waals surface area contributed by atoms with Gasteiger partial charge in [-0.25, -0.2) is 4.98 Å². The summed E-state index contributed by atoms with van der Waals surface area (Å²) in [5.41, 5.74) is 19.6. The third kappa shape index (κ3) is 6.48. The van der Waals surface area contributed by atoms with Gasteiger partial charge in [0.05, 0.1) is 56.4 Å². The van der Waals surface area contributed by atoms with Crippen molar-refractivity contribution in [1.29, 1.82) is 0 Å². The van der Waals surface area contributed by atoms with Gasteiger partial charge in [0.2, 0.25) is 0 Å². The van der Waals surface area contributed by atoms with Crippen LogP contribution in [0.25, 0.3) is 94.0 Å². The highest BCUT2D eigenvalue weighted by Gasteiger charge is 2.27. The third-order valence-electron chi connectivity index (χ3n) is 14.9. The summed E-state index contributed by atoms with van der Waals surface area (Å²) in [6.07, 6.45) is 7.11. The van der Waals surface area contributed by atoms with Gasteiger partial charge in [-0.05, 0) is 126 Å². The predicted molar refractivity (Wildman–Crippen MR) is 296 cm³/mol. The van der Waals surface area contributed by atoms with E-state index < -0.39 is 0 Å². The summed E-state index contributed by atoms with van der Waals surface area (Å²) < 4.78 is 7.28. The second-order valence-corrected chi connectivity index (χ2v) is 19.2. The summed E-state index contributed by atoms with van der Waals surface area (Å²) >= 11 is 0. The molecule has 0 atom stereocenters. The van der Waals surface area contributed by atoms with Crippen molar-refractivity contribution < 1.29 is 0 Å². The van der Waals surface area contributed by atoms with E-state index in [9.17, 15) is 0 Å². The van der Waals surface area contributed by atoms with E-state index in [4.69, 9.17) is 9.97 Å². The lowest BCUT2D eigenvalue weighted by Gasteiger charge is -2.34. The number of aromatic nitrogens is 5. The molecule has 1 aliphatic rings. The molecule has 0 N–H and O–H groups in total. The molecule has 71 heavy (non-hydrogen) atoms. The van der Waals surface area contributed by atoms with Crippen LogP contribution in [0.4, 0.5) is 17.1 Å². The largest absolute Gasteiger partial charge is 0.310 e. The third-order valence-corrected chi connectivity index (χ3v) is 14.9. The highest BCUT2D eigenvalue weighted by Crippen LogP contribution is 2.47. The molecule has 340 valence electrons. The molecule has 14 rings (SSSR count). The highest BCUT2D eigenvalue weighted by atomic mass is 15.2. The van der Waals surface area contributed by atoms with Crippen molar-refractivity contribution >= 4 is 82.5 Å². The molecule has 6 heterocycles. The van der Waals surface area contributed by atoms with Gasteiger partial charge in [0.25, 0.3) is 0 Å². The van der Waals surface area contributed by atoms with Crippen LogP contribution in [-0.2, 0) is 19.3 Å². The van der Waals surface area contributed by atoms with Crippen LogP contribution < -0.4 is 4.90 Å². The van der Waals surface area contributed by atoms with E-state index in [-0.39, 0.29) is 0 Å². The minimum Gasteiger partial charge on any atom is -0.310 e. The van der Waals surface area contributed by atoms with E-state index in [1.165, 1.54) is 71.6 Å². The lowest BCUT2D eigenvalue weighted by atomic mass is 9.94. The molecule has 0 radical (unpaired) electrons. The predicted octanol–water partition coefficient (Wildman–Crippen LogP) is 16.7. The fourth-order valence-electron chi connectivity index (χ4n) is 11.8. The monoisotopic (exact) mass is 914 g/mol. The zero-order chi connectivity index (χ0) is 47.2. The van der Waals surface area contributed by atoms with Gasteiger partial charge < -0.3 is 14.0 Å². The lowest BCUT2D eigenvalue weighted by Crippen LogP contribution is -2.18. The Bertz CT molecular complexity index is 4230. The van der Waals surface area contributed by atoms with Crippen LogP contribution in [-0.4, -0.2) is 23.7 Å². The van der Waals surface area contributed by atoms with Crippen LogP contribution >= 0.6 is 0 Å². The van der Waals surface area contributed by atoms with E-state index in [0.29, 0.717) is 0 Å². The SMILES string of the molecule is CCCc1ccc2c(c1)c1ccc3c4cc(CCC)ccc4n(-c4cccc(-c5cc6c7ccccc7n(-c7ccccc7)c6cn5)n4)c3c1n2-c1ccc2c(c1)N(c1ccccc1)c1ccccc1C2. The molecule has 0 fully saturated rings. The summed E-state index contributed by atoms with van der Waals surface area (Å²) in [7, 11) is 0. The molecule has 13 aromatic rings. The summed E-state index contributed by atoms with van der Waals surface area (Å²) in [6, 6.07) is 73.6. The number of fused-ring (bicyclic) bond motifs is 12. The Morgan fingerprint density at radius 2 is 1.01 bits per heavy atom. The molecule has 1 aliphatic heterocycles. The minimum absolute atomic E-state index is 0.825. The molecule has 0 aliphatic carbocycles. The van der Waals surface area contributed by atoms with E-state index >= 15 is 0 Å². The Morgan fingerprint density at radius 3 is 1.76 bits per heavy atom. The maximum Gasteiger partial charge on any atom is 0.138 e. The van der Waals surface area contributed by atoms with E-state index in [0.717, 1.165) is 93.8 Å². The summed E-state index contributed by atoms with van der Waals surface area (Å²) in [4.78, 5) is 13.2. The first-order valence-corrected chi connectivity index (χ1v) is 25.2. The van der Waals surface area contributed by atoms with Crippen molar-refractivity contribution in [2.45, 2.75) is 46.0 Å². The first kappa shape index (κ1) is 41.3.